The van der Waals surface area contributed by atoms with Gasteiger partial charge in [-0.05, 0) is 43.3 Å². The second-order valence-electron chi connectivity index (χ2n) is 4.67. The zero-order valence-corrected chi connectivity index (χ0v) is 12.2. The van der Waals surface area contributed by atoms with Gasteiger partial charge in [-0.2, -0.15) is 5.26 Å². The maximum absolute atomic E-state index is 13.3. The maximum atomic E-state index is 13.3. The Labute approximate surface area is 127 Å². The molecule has 0 bridgehead atoms. The number of nitriles is 1. The van der Waals surface area contributed by atoms with Crippen molar-refractivity contribution in [2.24, 2.45) is 5.73 Å². The summed E-state index contributed by atoms with van der Waals surface area (Å²) in [6.45, 7) is 1.91. The van der Waals surface area contributed by atoms with Crippen LogP contribution in [0.3, 0.4) is 0 Å². The van der Waals surface area contributed by atoms with Gasteiger partial charge in [0.1, 0.15) is 18.2 Å². The lowest BCUT2D eigenvalue weighted by atomic mass is 10.1. The summed E-state index contributed by atoms with van der Waals surface area (Å²) < 4.78 is 18.9. The second-order valence-corrected chi connectivity index (χ2v) is 5.11. The van der Waals surface area contributed by atoms with Gasteiger partial charge >= 0.3 is 0 Å². The number of rotatable bonds is 4. The van der Waals surface area contributed by atoms with Gasteiger partial charge in [-0.3, -0.25) is 0 Å². The monoisotopic (exact) mass is 304 g/mol. The highest BCUT2D eigenvalue weighted by Gasteiger charge is 2.11. The summed E-state index contributed by atoms with van der Waals surface area (Å²) in [6.07, 6.45) is 0. The standard InChI is InChI=1S/C16H14ClFN2O/c1-10(20)15-7-13(17)3-5-16(15)21-9-12-6-14(18)4-2-11(12)8-19/h2-7,10H,9,20H2,1H3. The number of halogens is 2. The number of hydrogen-bond donors (Lipinski definition) is 1. The molecule has 0 aromatic heterocycles. The van der Waals surface area contributed by atoms with E-state index in [1.165, 1.54) is 18.2 Å². The highest BCUT2D eigenvalue weighted by Crippen LogP contribution is 2.28. The minimum atomic E-state index is -0.406. The number of ether oxygens (including phenoxy) is 1. The summed E-state index contributed by atoms with van der Waals surface area (Å²) in [5.74, 6) is 0.165. The van der Waals surface area contributed by atoms with Gasteiger partial charge in [0.15, 0.2) is 0 Å². The van der Waals surface area contributed by atoms with Crippen molar-refractivity contribution in [1.82, 2.24) is 0 Å². The molecule has 0 saturated carbocycles. The fraction of sp³-hybridized carbons (Fsp3) is 0.188. The van der Waals surface area contributed by atoms with E-state index in [1.807, 2.05) is 13.0 Å². The highest BCUT2D eigenvalue weighted by molar-refractivity contribution is 6.30. The Hall–Kier alpha value is -2.09. The molecule has 3 nitrogen and oxygen atoms in total. The Bertz CT molecular complexity index is 695. The molecular formula is C16H14ClFN2O. The molecule has 1 unspecified atom stereocenters. The first-order chi connectivity index (χ1) is 10.0. The zero-order chi connectivity index (χ0) is 15.4. The van der Waals surface area contributed by atoms with Crippen LogP contribution >= 0.6 is 11.6 Å². The van der Waals surface area contributed by atoms with E-state index in [9.17, 15) is 4.39 Å². The molecular weight excluding hydrogens is 291 g/mol. The van der Waals surface area contributed by atoms with Crippen molar-refractivity contribution in [2.45, 2.75) is 19.6 Å². The van der Waals surface area contributed by atoms with Gasteiger partial charge in [0.25, 0.3) is 0 Å². The number of benzene rings is 2. The van der Waals surface area contributed by atoms with Gasteiger partial charge in [-0.25, -0.2) is 4.39 Å². The SMILES string of the molecule is CC(N)c1cc(Cl)ccc1OCc1cc(F)ccc1C#N. The molecule has 2 N–H and O–H groups in total. The Kier molecular flexibility index (Phi) is 4.79. The minimum absolute atomic E-state index is 0.0853. The van der Waals surface area contributed by atoms with Crippen molar-refractivity contribution in [3.63, 3.8) is 0 Å². The Morgan fingerprint density at radius 2 is 2.10 bits per heavy atom. The van der Waals surface area contributed by atoms with Crippen LogP contribution in [0.25, 0.3) is 0 Å². The molecule has 1 atom stereocenters. The first kappa shape index (κ1) is 15.3. The summed E-state index contributed by atoms with van der Waals surface area (Å²) in [7, 11) is 0. The topological polar surface area (TPSA) is 59.0 Å². The van der Waals surface area contributed by atoms with E-state index in [0.29, 0.717) is 21.9 Å². The van der Waals surface area contributed by atoms with Crippen LogP contribution in [0.4, 0.5) is 4.39 Å². The quantitative estimate of drug-likeness (QED) is 0.930. The molecule has 0 fully saturated rings. The third-order valence-corrected chi connectivity index (χ3v) is 3.27. The molecule has 0 aliphatic rings. The molecule has 5 heteroatoms. The van der Waals surface area contributed by atoms with Crippen molar-refractivity contribution in [3.8, 4) is 11.8 Å². The largest absolute Gasteiger partial charge is 0.489 e. The lowest BCUT2D eigenvalue weighted by Crippen LogP contribution is -2.08. The van der Waals surface area contributed by atoms with Gasteiger partial charge in [-0.1, -0.05) is 11.6 Å². The van der Waals surface area contributed by atoms with Crippen molar-refractivity contribution in [1.29, 1.82) is 5.26 Å². The lowest BCUT2D eigenvalue weighted by Gasteiger charge is -2.15. The highest BCUT2D eigenvalue weighted by atomic mass is 35.5. The summed E-state index contributed by atoms with van der Waals surface area (Å²) >= 11 is 5.94. The number of nitrogens with zero attached hydrogens (tertiary/aromatic N) is 1. The van der Waals surface area contributed by atoms with Gasteiger partial charge in [-0.15, -0.1) is 0 Å². The molecule has 108 valence electrons. The second kappa shape index (κ2) is 6.57. The van der Waals surface area contributed by atoms with Crippen molar-refractivity contribution < 1.29 is 9.13 Å². The van der Waals surface area contributed by atoms with Crippen molar-refractivity contribution in [2.75, 3.05) is 0 Å². The predicted octanol–water partition coefficient (Wildman–Crippen LogP) is 3.95. The molecule has 0 radical (unpaired) electrons. The molecule has 0 spiro atoms. The van der Waals surface area contributed by atoms with E-state index in [0.717, 1.165) is 5.56 Å². The number of nitrogens with two attached hydrogens (primary N) is 1. The Morgan fingerprint density at radius 3 is 2.76 bits per heavy atom. The molecule has 0 amide bonds. The van der Waals surface area contributed by atoms with Crippen LogP contribution in [-0.2, 0) is 6.61 Å². The third kappa shape index (κ3) is 3.72. The van der Waals surface area contributed by atoms with E-state index in [-0.39, 0.29) is 12.6 Å². The van der Waals surface area contributed by atoms with Crippen LogP contribution < -0.4 is 10.5 Å². The van der Waals surface area contributed by atoms with E-state index in [1.54, 1.807) is 18.2 Å². The smallest absolute Gasteiger partial charge is 0.124 e. The Balaban J connectivity index is 2.25. The van der Waals surface area contributed by atoms with E-state index >= 15 is 0 Å². The van der Waals surface area contributed by atoms with Crippen LogP contribution in [0.15, 0.2) is 36.4 Å². The number of hydrogen-bond acceptors (Lipinski definition) is 3. The summed E-state index contributed by atoms with van der Waals surface area (Å²) in [5, 5.41) is 9.59. The molecule has 2 aromatic rings. The minimum Gasteiger partial charge on any atom is -0.489 e. The molecule has 0 aliphatic carbocycles. The van der Waals surface area contributed by atoms with Crippen molar-refractivity contribution >= 4 is 11.6 Å². The fourth-order valence-electron chi connectivity index (χ4n) is 1.95. The van der Waals surface area contributed by atoms with Crippen LogP contribution in [0.2, 0.25) is 5.02 Å². The Morgan fingerprint density at radius 1 is 1.33 bits per heavy atom. The van der Waals surface area contributed by atoms with Crippen molar-refractivity contribution in [3.05, 3.63) is 63.9 Å². The fourth-order valence-corrected chi connectivity index (χ4v) is 2.13. The zero-order valence-electron chi connectivity index (χ0n) is 11.4. The van der Waals surface area contributed by atoms with Gasteiger partial charge < -0.3 is 10.5 Å². The van der Waals surface area contributed by atoms with Crippen LogP contribution in [0, 0.1) is 17.1 Å². The predicted molar refractivity (Wildman–Crippen MR) is 79.5 cm³/mol. The first-order valence-corrected chi connectivity index (χ1v) is 6.75. The van der Waals surface area contributed by atoms with Gasteiger partial charge in [0, 0.05) is 22.2 Å². The van der Waals surface area contributed by atoms with Crippen LogP contribution in [0.5, 0.6) is 5.75 Å². The molecule has 0 heterocycles. The normalized spacial score (nSPS) is 11.8. The summed E-state index contributed by atoms with van der Waals surface area (Å²) in [6, 6.07) is 10.9. The average Bonchev–Trinajstić information content (AvgIpc) is 2.46. The van der Waals surface area contributed by atoms with Gasteiger partial charge in [0.05, 0.1) is 11.6 Å². The van der Waals surface area contributed by atoms with Gasteiger partial charge in [0.2, 0.25) is 0 Å². The third-order valence-electron chi connectivity index (χ3n) is 3.03. The van der Waals surface area contributed by atoms with E-state index < -0.39 is 5.82 Å². The summed E-state index contributed by atoms with van der Waals surface area (Å²) in [4.78, 5) is 0. The van der Waals surface area contributed by atoms with E-state index in [2.05, 4.69) is 0 Å². The maximum Gasteiger partial charge on any atom is 0.124 e. The average molecular weight is 305 g/mol. The first-order valence-electron chi connectivity index (χ1n) is 6.37. The molecule has 2 rings (SSSR count). The molecule has 2 aromatic carbocycles. The van der Waals surface area contributed by atoms with Crippen LogP contribution in [0.1, 0.15) is 29.7 Å². The molecule has 0 saturated heterocycles. The van der Waals surface area contributed by atoms with E-state index in [4.69, 9.17) is 27.3 Å². The van der Waals surface area contributed by atoms with Crippen LogP contribution in [-0.4, -0.2) is 0 Å². The summed E-state index contributed by atoms with van der Waals surface area (Å²) in [5.41, 5.74) is 7.51. The molecule has 21 heavy (non-hydrogen) atoms. The molecule has 0 aliphatic heterocycles. The lowest BCUT2D eigenvalue weighted by molar-refractivity contribution is 0.300.